The van der Waals surface area contributed by atoms with E-state index in [1.165, 1.54) is 6.07 Å². The number of ether oxygens (including phenoxy) is 1. The summed E-state index contributed by atoms with van der Waals surface area (Å²) in [5, 5.41) is -0.376. The largest absolute Gasteiger partial charge is 0.494 e. The molecule has 2 aromatic carbocycles. The second-order valence-electron chi connectivity index (χ2n) is 4.47. The fraction of sp³-hybridized carbons (Fsp3) is 0.250. The average molecular weight is 313 g/mol. The molecule has 0 aliphatic heterocycles. The van der Waals surface area contributed by atoms with Gasteiger partial charge in [-0.05, 0) is 32.0 Å². The molecule has 20 heavy (non-hydrogen) atoms. The Hall–Kier alpha value is -1.25. The van der Waals surface area contributed by atoms with Crippen molar-refractivity contribution >= 4 is 23.2 Å². The van der Waals surface area contributed by atoms with E-state index in [2.05, 4.69) is 0 Å². The molecule has 1 atom stereocenters. The van der Waals surface area contributed by atoms with Gasteiger partial charge in [-0.25, -0.2) is 4.39 Å². The summed E-state index contributed by atoms with van der Waals surface area (Å²) < 4.78 is 19.6. The molecule has 0 aliphatic rings. The van der Waals surface area contributed by atoms with Crippen molar-refractivity contribution in [1.29, 1.82) is 0 Å². The van der Waals surface area contributed by atoms with E-state index in [0.29, 0.717) is 17.4 Å². The fourth-order valence-corrected chi connectivity index (χ4v) is 2.78. The Balaban J connectivity index is 2.52. The Morgan fingerprint density at radius 3 is 2.65 bits per heavy atom. The molecule has 0 heterocycles. The zero-order valence-corrected chi connectivity index (χ0v) is 12.8. The summed E-state index contributed by atoms with van der Waals surface area (Å²) >= 11 is 12.5. The van der Waals surface area contributed by atoms with Crippen LogP contribution in [0.4, 0.5) is 4.39 Å². The van der Waals surface area contributed by atoms with E-state index in [0.717, 1.165) is 11.1 Å². The van der Waals surface area contributed by atoms with Gasteiger partial charge in [0.1, 0.15) is 11.6 Å². The van der Waals surface area contributed by atoms with Gasteiger partial charge in [0.2, 0.25) is 0 Å². The molecule has 0 spiro atoms. The topological polar surface area (TPSA) is 9.23 Å². The SMILES string of the molecule is CCOc1ccc(C)cc1C(Cl)c1c(F)cccc1Cl. The van der Waals surface area contributed by atoms with Gasteiger partial charge in [-0.3, -0.25) is 0 Å². The maximum absolute atomic E-state index is 14.0. The summed E-state index contributed by atoms with van der Waals surface area (Å²) in [5.74, 6) is 0.235. The van der Waals surface area contributed by atoms with Gasteiger partial charge < -0.3 is 4.74 Å². The van der Waals surface area contributed by atoms with E-state index < -0.39 is 11.2 Å². The minimum Gasteiger partial charge on any atom is -0.494 e. The molecule has 0 N–H and O–H groups in total. The summed E-state index contributed by atoms with van der Waals surface area (Å²) in [7, 11) is 0. The molecule has 0 fully saturated rings. The molecule has 0 saturated heterocycles. The molecule has 2 rings (SSSR count). The standard InChI is InChI=1S/C16H15Cl2FO/c1-3-20-14-8-7-10(2)9-11(14)16(18)15-12(17)5-4-6-13(15)19/h4-9,16H,3H2,1-2H3. The first-order valence-electron chi connectivity index (χ1n) is 6.36. The normalized spacial score (nSPS) is 12.2. The molecule has 1 nitrogen and oxygen atoms in total. The third kappa shape index (κ3) is 3.08. The molecule has 0 bridgehead atoms. The van der Waals surface area contributed by atoms with Crippen molar-refractivity contribution in [3.63, 3.8) is 0 Å². The summed E-state index contributed by atoms with van der Waals surface area (Å²) in [4.78, 5) is 0. The highest BCUT2D eigenvalue weighted by Gasteiger charge is 2.22. The summed E-state index contributed by atoms with van der Waals surface area (Å²) in [6.07, 6.45) is 0. The van der Waals surface area contributed by atoms with E-state index in [-0.39, 0.29) is 5.56 Å². The number of aryl methyl sites for hydroxylation is 1. The molecular formula is C16H15Cl2FO. The van der Waals surface area contributed by atoms with Crippen molar-refractivity contribution in [3.05, 3.63) is 63.9 Å². The van der Waals surface area contributed by atoms with E-state index in [4.69, 9.17) is 27.9 Å². The molecule has 0 saturated carbocycles. The van der Waals surface area contributed by atoms with Crippen LogP contribution >= 0.6 is 23.2 Å². The van der Waals surface area contributed by atoms with Gasteiger partial charge in [0.05, 0.1) is 12.0 Å². The lowest BCUT2D eigenvalue weighted by Crippen LogP contribution is -2.03. The van der Waals surface area contributed by atoms with Gasteiger partial charge in [0.25, 0.3) is 0 Å². The Morgan fingerprint density at radius 2 is 2.00 bits per heavy atom. The highest BCUT2D eigenvalue weighted by molar-refractivity contribution is 6.33. The predicted octanol–water partition coefficient (Wildman–Crippen LogP) is 5.51. The number of rotatable bonds is 4. The third-order valence-corrected chi connectivity index (χ3v) is 3.77. The monoisotopic (exact) mass is 312 g/mol. The Kier molecular flexibility index (Phi) is 4.90. The van der Waals surface area contributed by atoms with Crippen molar-refractivity contribution < 1.29 is 9.13 Å². The van der Waals surface area contributed by atoms with E-state index in [9.17, 15) is 4.39 Å². The molecule has 0 aliphatic carbocycles. The van der Waals surface area contributed by atoms with Crippen LogP contribution in [-0.2, 0) is 0 Å². The van der Waals surface area contributed by atoms with Gasteiger partial charge in [0, 0.05) is 16.1 Å². The van der Waals surface area contributed by atoms with E-state index in [1.807, 2.05) is 32.0 Å². The van der Waals surface area contributed by atoms with E-state index in [1.54, 1.807) is 12.1 Å². The Labute approximate surface area is 128 Å². The lowest BCUT2D eigenvalue weighted by Gasteiger charge is -2.17. The van der Waals surface area contributed by atoms with Crippen LogP contribution in [0.5, 0.6) is 5.75 Å². The van der Waals surface area contributed by atoms with Crippen molar-refractivity contribution in [1.82, 2.24) is 0 Å². The van der Waals surface area contributed by atoms with Gasteiger partial charge in [-0.2, -0.15) is 0 Å². The predicted molar refractivity (Wildman–Crippen MR) is 81.5 cm³/mol. The Bertz CT molecular complexity index is 593. The molecule has 0 aromatic heterocycles. The second-order valence-corrected chi connectivity index (χ2v) is 5.32. The van der Waals surface area contributed by atoms with Gasteiger partial charge in [-0.15, -0.1) is 11.6 Å². The quantitative estimate of drug-likeness (QED) is 0.676. The lowest BCUT2D eigenvalue weighted by molar-refractivity contribution is 0.336. The number of alkyl halides is 1. The zero-order valence-electron chi connectivity index (χ0n) is 11.3. The number of halogens is 3. The minimum atomic E-state index is -0.690. The van der Waals surface area contributed by atoms with Gasteiger partial charge in [-0.1, -0.05) is 35.4 Å². The lowest BCUT2D eigenvalue weighted by atomic mass is 10.0. The van der Waals surface area contributed by atoms with Crippen LogP contribution in [0, 0.1) is 12.7 Å². The molecule has 1 unspecified atom stereocenters. The van der Waals surface area contributed by atoms with Crippen LogP contribution in [0.2, 0.25) is 5.02 Å². The number of hydrogen-bond acceptors (Lipinski definition) is 1. The van der Waals surface area contributed by atoms with Crippen LogP contribution in [0.25, 0.3) is 0 Å². The highest BCUT2D eigenvalue weighted by atomic mass is 35.5. The first-order valence-corrected chi connectivity index (χ1v) is 7.17. The maximum atomic E-state index is 14.0. The first-order chi connectivity index (χ1) is 9.54. The summed E-state index contributed by atoms with van der Waals surface area (Å²) in [6, 6.07) is 10.2. The average Bonchev–Trinajstić information content (AvgIpc) is 2.40. The summed E-state index contributed by atoms with van der Waals surface area (Å²) in [5.41, 5.74) is 2.03. The molecule has 4 heteroatoms. The number of hydrogen-bond donors (Lipinski definition) is 0. The third-order valence-electron chi connectivity index (χ3n) is 2.99. The van der Waals surface area contributed by atoms with Gasteiger partial charge >= 0.3 is 0 Å². The van der Waals surface area contributed by atoms with Crippen LogP contribution in [0.1, 0.15) is 29.0 Å². The van der Waals surface area contributed by atoms with Crippen molar-refractivity contribution in [3.8, 4) is 5.75 Å². The fourth-order valence-electron chi connectivity index (χ4n) is 2.06. The van der Waals surface area contributed by atoms with Crippen LogP contribution in [-0.4, -0.2) is 6.61 Å². The van der Waals surface area contributed by atoms with Crippen LogP contribution < -0.4 is 4.74 Å². The van der Waals surface area contributed by atoms with Crippen LogP contribution in [0.3, 0.4) is 0 Å². The van der Waals surface area contributed by atoms with Gasteiger partial charge in [0.15, 0.2) is 0 Å². The minimum absolute atomic E-state index is 0.280. The summed E-state index contributed by atoms with van der Waals surface area (Å²) in [6.45, 7) is 4.36. The highest BCUT2D eigenvalue weighted by Crippen LogP contribution is 2.39. The molecule has 106 valence electrons. The molecular weight excluding hydrogens is 298 g/mol. The second kappa shape index (κ2) is 6.47. The molecule has 0 amide bonds. The molecule has 0 radical (unpaired) electrons. The van der Waals surface area contributed by atoms with Crippen LogP contribution in [0.15, 0.2) is 36.4 Å². The number of benzene rings is 2. The maximum Gasteiger partial charge on any atom is 0.129 e. The molecule has 2 aromatic rings. The zero-order chi connectivity index (χ0) is 14.7. The van der Waals surface area contributed by atoms with Crippen molar-refractivity contribution in [2.24, 2.45) is 0 Å². The van der Waals surface area contributed by atoms with Crippen molar-refractivity contribution in [2.45, 2.75) is 19.2 Å². The van der Waals surface area contributed by atoms with Crippen molar-refractivity contribution in [2.75, 3.05) is 6.61 Å². The first kappa shape index (κ1) is 15.1. The van der Waals surface area contributed by atoms with E-state index >= 15 is 0 Å². The Morgan fingerprint density at radius 1 is 1.25 bits per heavy atom. The smallest absolute Gasteiger partial charge is 0.129 e.